The molecular weight excluding hydrogens is 250 g/mol. The number of rotatable bonds is 6. The monoisotopic (exact) mass is 267 g/mol. The lowest BCUT2D eigenvalue weighted by Crippen LogP contribution is -2.32. The van der Waals surface area contributed by atoms with Crippen LogP contribution in [0.15, 0.2) is 18.3 Å². The summed E-state index contributed by atoms with van der Waals surface area (Å²) in [6.45, 7) is 4.53. The van der Waals surface area contributed by atoms with Gasteiger partial charge in [-0.15, -0.1) is 0 Å². The van der Waals surface area contributed by atoms with E-state index in [1.165, 1.54) is 12.3 Å². The number of hydrogen-bond acceptors (Lipinski definition) is 4. The van der Waals surface area contributed by atoms with Crippen molar-refractivity contribution in [3.8, 4) is 0 Å². The van der Waals surface area contributed by atoms with Crippen molar-refractivity contribution in [3.63, 3.8) is 0 Å². The van der Waals surface area contributed by atoms with Gasteiger partial charge in [0.05, 0.1) is 18.4 Å². The van der Waals surface area contributed by atoms with Crippen LogP contribution in [0.5, 0.6) is 0 Å². The largest absolute Gasteiger partial charge is 0.476 e. The minimum absolute atomic E-state index is 0.0989. The van der Waals surface area contributed by atoms with Crippen molar-refractivity contribution < 1.29 is 19.4 Å². The smallest absolute Gasteiger partial charge is 0.356 e. The summed E-state index contributed by atoms with van der Waals surface area (Å²) in [5.74, 6) is -1.20. The highest BCUT2D eigenvalue weighted by Gasteiger charge is 2.12. The third-order valence-electron chi connectivity index (χ3n) is 2.10. The first-order valence-electron chi connectivity index (χ1n) is 5.85. The number of amides is 2. The second kappa shape index (κ2) is 7.32. The van der Waals surface area contributed by atoms with Gasteiger partial charge < -0.3 is 20.5 Å². The van der Waals surface area contributed by atoms with Crippen molar-refractivity contribution >= 4 is 17.7 Å². The summed E-state index contributed by atoms with van der Waals surface area (Å²) in [5.41, 5.74) is -0.0478. The molecule has 0 atom stereocenters. The maximum atomic E-state index is 11.5. The molecule has 0 bridgehead atoms. The van der Waals surface area contributed by atoms with Crippen LogP contribution >= 0.6 is 0 Å². The van der Waals surface area contributed by atoms with Crippen LogP contribution in [0.2, 0.25) is 0 Å². The molecule has 0 saturated carbocycles. The summed E-state index contributed by atoms with van der Waals surface area (Å²) in [7, 11) is 0. The van der Waals surface area contributed by atoms with E-state index in [4.69, 9.17) is 9.84 Å². The molecule has 2 amide bonds. The van der Waals surface area contributed by atoms with Crippen LogP contribution in [-0.4, -0.2) is 41.3 Å². The third kappa shape index (κ3) is 5.35. The molecule has 0 aromatic carbocycles. The van der Waals surface area contributed by atoms with Gasteiger partial charge >= 0.3 is 12.0 Å². The highest BCUT2D eigenvalue weighted by Crippen LogP contribution is 2.11. The van der Waals surface area contributed by atoms with E-state index in [-0.39, 0.29) is 17.5 Å². The summed E-state index contributed by atoms with van der Waals surface area (Å²) < 4.78 is 5.26. The second-order valence-electron chi connectivity index (χ2n) is 4.01. The normalized spacial score (nSPS) is 10.3. The number of carbonyl (C=O) groups excluding carboxylic acids is 1. The van der Waals surface area contributed by atoms with E-state index >= 15 is 0 Å². The van der Waals surface area contributed by atoms with E-state index in [1.807, 2.05) is 13.8 Å². The first-order valence-corrected chi connectivity index (χ1v) is 5.85. The first-order chi connectivity index (χ1) is 9.00. The van der Waals surface area contributed by atoms with Crippen LogP contribution in [-0.2, 0) is 4.74 Å². The summed E-state index contributed by atoms with van der Waals surface area (Å²) in [6.07, 6.45) is 1.45. The van der Waals surface area contributed by atoms with Crippen molar-refractivity contribution in [2.24, 2.45) is 0 Å². The summed E-state index contributed by atoms with van der Waals surface area (Å²) in [5, 5.41) is 13.9. The van der Waals surface area contributed by atoms with E-state index < -0.39 is 12.0 Å². The average Bonchev–Trinajstić information content (AvgIpc) is 2.35. The lowest BCUT2D eigenvalue weighted by molar-refractivity contribution is 0.0691. The Morgan fingerprint density at radius 2 is 2.21 bits per heavy atom. The molecule has 104 valence electrons. The number of aromatic carboxylic acids is 1. The Labute approximate surface area is 111 Å². The van der Waals surface area contributed by atoms with Crippen LogP contribution < -0.4 is 10.6 Å². The zero-order chi connectivity index (χ0) is 14.3. The average molecular weight is 267 g/mol. The highest BCUT2D eigenvalue weighted by atomic mass is 16.5. The molecule has 0 radical (unpaired) electrons. The van der Waals surface area contributed by atoms with Gasteiger partial charge in [0.25, 0.3) is 0 Å². The molecule has 7 heteroatoms. The Kier molecular flexibility index (Phi) is 5.74. The minimum Gasteiger partial charge on any atom is -0.476 e. The number of ether oxygens (including phenoxy) is 1. The van der Waals surface area contributed by atoms with E-state index in [9.17, 15) is 9.59 Å². The molecule has 0 aliphatic rings. The van der Waals surface area contributed by atoms with Crippen LogP contribution in [0.1, 0.15) is 24.3 Å². The third-order valence-corrected chi connectivity index (χ3v) is 2.10. The van der Waals surface area contributed by atoms with E-state index in [2.05, 4.69) is 15.6 Å². The predicted molar refractivity (Wildman–Crippen MR) is 69.3 cm³/mol. The van der Waals surface area contributed by atoms with Gasteiger partial charge in [0.1, 0.15) is 0 Å². The van der Waals surface area contributed by atoms with E-state index in [0.717, 1.165) is 0 Å². The number of anilines is 1. The maximum Gasteiger partial charge on any atom is 0.356 e. The van der Waals surface area contributed by atoms with Crippen LogP contribution in [0.4, 0.5) is 10.5 Å². The molecule has 0 aliphatic heterocycles. The van der Waals surface area contributed by atoms with Crippen LogP contribution in [0.25, 0.3) is 0 Å². The Morgan fingerprint density at radius 3 is 2.84 bits per heavy atom. The number of urea groups is 1. The van der Waals surface area contributed by atoms with Crippen molar-refractivity contribution in [3.05, 3.63) is 24.0 Å². The summed E-state index contributed by atoms with van der Waals surface area (Å²) in [6, 6.07) is 2.52. The quantitative estimate of drug-likeness (QED) is 0.675. The van der Waals surface area contributed by atoms with Crippen LogP contribution in [0.3, 0.4) is 0 Å². The van der Waals surface area contributed by atoms with Crippen molar-refractivity contribution in [1.82, 2.24) is 10.3 Å². The minimum atomic E-state index is -1.20. The summed E-state index contributed by atoms with van der Waals surface area (Å²) >= 11 is 0. The van der Waals surface area contributed by atoms with Gasteiger partial charge in [-0.3, -0.25) is 0 Å². The molecule has 0 spiro atoms. The number of nitrogens with zero attached hydrogens (tertiary/aromatic N) is 1. The van der Waals surface area contributed by atoms with Gasteiger partial charge in [0, 0.05) is 12.7 Å². The van der Waals surface area contributed by atoms with E-state index in [1.54, 1.807) is 6.07 Å². The number of nitrogens with one attached hydrogen (secondary N) is 2. The zero-order valence-electron chi connectivity index (χ0n) is 10.8. The van der Waals surface area contributed by atoms with Gasteiger partial charge in [0.2, 0.25) is 0 Å². The standard InChI is InChI=1S/C12H17N3O4/c1-8(2)19-7-6-14-12(18)15-9-4-3-5-13-10(9)11(16)17/h3-5,8H,6-7H2,1-2H3,(H,16,17)(H2,14,15,18). The molecule has 1 aromatic rings. The van der Waals surface area contributed by atoms with Crippen molar-refractivity contribution in [2.75, 3.05) is 18.5 Å². The molecule has 0 aliphatic carbocycles. The second-order valence-corrected chi connectivity index (χ2v) is 4.01. The summed E-state index contributed by atoms with van der Waals surface area (Å²) in [4.78, 5) is 26.1. The number of carboxylic acids is 1. The molecule has 19 heavy (non-hydrogen) atoms. The number of aromatic nitrogens is 1. The fourth-order valence-corrected chi connectivity index (χ4v) is 1.30. The Hall–Kier alpha value is -2.15. The lowest BCUT2D eigenvalue weighted by Gasteiger charge is -2.10. The Bertz CT molecular complexity index is 448. The Balaban J connectivity index is 2.46. The zero-order valence-corrected chi connectivity index (χ0v) is 10.8. The number of pyridine rings is 1. The van der Waals surface area contributed by atoms with Crippen molar-refractivity contribution in [2.45, 2.75) is 20.0 Å². The lowest BCUT2D eigenvalue weighted by atomic mass is 10.3. The number of hydrogen-bond donors (Lipinski definition) is 3. The highest BCUT2D eigenvalue weighted by molar-refractivity contribution is 5.98. The SMILES string of the molecule is CC(C)OCCNC(=O)Nc1cccnc1C(=O)O. The fourth-order valence-electron chi connectivity index (χ4n) is 1.30. The van der Waals surface area contributed by atoms with Gasteiger partial charge in [-0.25, -0.2) is 14.6 Å². The van der Waals surface area contributed by atoms with Crippen molar-refractivity contribution in [1.29, 1.82) is 0 Å². The molecule has 3 N–H and O–H groups in total. The molecule has 0 unspecified atom stereocenters. The molecular formula is C12H17N3O4. The number of carbonyl (C=O) groups is 2. The molecule has 0 fully saturated rings. The molecule has 1 rings (SSSR count). The predicted octanol–water partition coefficient (Wildman–Crippen LogP) is 1.33. The molecule has 1 heterocycles. The first kappa shape index (κ1) is 14.9. The topological polar surface area (TPSA) is 101 Å². The van der Waals surface area contributed by atoms with E-state index in [0.29, 0.717) is 13.2 Å². The maximum absolute atomic E-state index is 11.5. The molecule has 7 nitrogen and oxygen atoms in total. The fraction of sp³-hybridized carbons (Fsp3) is 0.417. The number of carboxylic acid groups (broad SMARTS) is 1. The molecule has 1 aromatic heterocycles. The van der Waals surface area contributed by atoms with Gasteiger partial charge in [-0.1, -0.05) is 0 Å². The van der Waals surface area contributed by atoms with Gasteiger partial charge in [0.15, 0.2) is 5.69 Å². The van der Waals surface area contributed by atoms with Gasteiger partial charge in [-0.05, 0) is 26.0 Å². The molecule has 0 saturated heterocycles. The van der Waals surface area contributed by atoms with Crippen LogP contribution in [0, 0.1) is 0 Å². The Morgan fingerprint density at radius 1 is 1.47 bits per heavy atom. The van der Waals surface area contributed by atoms with Gasteiger partial charge in [-0.2, -0.15) is 0 Å².